The number of amides is 1. The largest absolute Gasteiger partial charge is 0.489 e. The van der Waals surface area contributed by atoms with Gasteiger partial charge in [-0.1, -0.05) is 12.1 Å². The Labute approximate surface area is 238 Å². The Kier molecular flexibility index (Phi) is 8.16. The number of hydrogen-bond donors (Lipinski definition) is 1. The van der Waals surface area contributed by atoms with Crippen LogP contribution >= 0.6 is 0 Å². The molecule has 3 atom stereocenters. The van der Waals surface area contributed by atoms with E-state index in [4.69, 9.17) is 4.74 Å². The molecule has 1 N–H and O–H groups in total. The first-order chi connectivity index (χ1) is 19.4. The first-order valence-electron chi connectivity index (χ1n) is 14.1. The molecule has 10 heteroatoms. The zero-order valence-corrected chi connectivity index (χ0v) is 24.3. The maximum Gasteiger partial charge on any atom is 0.245 e. The molecule has 0 spiro atoms. The molecule has 0 radical (unpaired) electrons. The lowest BCUT2D eigenvalue weighted by Crippen LogP contribution is -2.48. The maximum atomic E-state index is 15.9. The van der Waals surface area contributed by atoms with Crippen molar-refractivity contribution in [2.45, 2.75) is 57.5 Å². The fraction of sp³-hybridized carbons (Fsp3) is 0.484. The second-order valence-corrected chi connectivity index (χ2v) is 12.0. The SMILES string of the molecule is C[C@@H]1Cc2c(ccc3[nH]ncc23)[C@@H](c2c(F)cc(O[C@H]3CCN(C/C=C/C(=O)N(C)C)C3)cc2F)N1CC(C)(C)F. The zero-order chi connectivity index (χ0) is 29.5. The summed E-state index contributed by atoms with van der Waals surface area (Å²) in [6.07, 6.45) is 6.16. The van der Waals surface area contributed by atoms with E-state index >= 15 is 13.2 Å². The van der Waals surface area contributed by atoms with E-state index in [9.17, 15) is 4.79 Å². The van der Waals surface area contributed by atoms with Crippen molar-refractivity contribution < 1.29 is 22.7 Å². The van der Waals surface area contributed by atoms with Gasteiger partial charge < -0.3 is 9.64 Å². The lowest BCUT2D eigenvalue weighted by atomic mass is 9.82. The van der Waals surface area contributed by atoms with Crippen molar-refractivity contribution in [2.75, 3.05) is 40.3 Å². The van der Waals surface area contributed by atoms with Crippen LogP contribution in [-0.2, 0) is 11.2 Å². The molecule has 1 saturated heterocycles. The minimum atomic E-state index is -1.57. The van der Waals surface area contributed by atoms with Crippen LogP contribution in [0.15, 0.2) is 42.6 Å². The quantitative estimate of drug-likeness (QED) is 0.386. The number of likely N-dealkylation sites (N-methyl/N-ethyl adjacent to an activating group) is 1. The third kappa shape index (κ3) is 6.28. The molecule has 7 nitrogen and oxygen atoms in total. The van der Waals surface area contributed by atoms with Gasteiger partial charge in [0.15, 0.2) is 0 Å². The third-order valence-corrected chi connectivity index (χ3v) is 7.95. The summed E-state index contributed by atoms with van der Waals surface area (Å²) >= 11 is 0. The second kappa shape index (κ2) is 11.5. The molecule has 1 fully saturated rings. The molecular weight excluding hydrogens is 531 g/mol. The molecule has 0 bridgehead atoms. The van der Waals surface area contributed by atoms with Crippen LogP contribution in [0.4, 0.5) is 13.2 Å². The Morgan fingerprint density at radius 3 is 2.66 bits per heavy atom. The third-order valence-electron chi connectivity index (χ3n) is 7.95. The Morgan fingerprint density at radius 1 is 1.24 bits per heavy atom. The van der Waals surface area contributed by atoms with Crippen molar-refractivity contribution in [1.82, 2.24) is 24.9 Å². The second-order valence-electron chi connectivity index (χ2n) is 12.0. The number of carbonyl (C=O) groups is 1. The number of aromatic amines is 1. The smallest absolute Gasteiger partial charge is 0.245 e. The average Bonchev–Trinajstić information content (AvgIpc) is 3.54. The molecule has 2 aliphatic heterocycles. The van der Waals surface area contributed by atoms with Gasteiger partial charge >= 0.3 is 0 Å². The predicted molar refractivity (Wildman–Crippen MR) is 153 cm³/mol. The number of alkyl halides is 1. The standard InChI is InChI=1S/C31H38F3N5O2/c1-19-13-23-22(8-9-27-24(23)16-35-36-27)30(39(19)18-31(2,3)34)29-25(32)14-21(15-26(29)33)41-20-10-12-38(17-20)11-6-7-28(40)37(4)5/h6-9,14-16,19-20,30H,10-13,17-18H2,1-5H3,(H,35,36)/b7-6+/t19-,20+,30+/m1/s1. The van der Waals surface area contributed by atoms with Gasteiger partial charge in [0.25, 0.3) is 0 Å². The zero-order valence-electron chi connectivity index (χ0n) is 24.3. The lowest BCUT2D eigenvalue weighted by molar-refractivity contribution is -0.123. The van der Waals surface area contributed by atoms with Gasteiger partial charge in [-0.15, -0.1) is 0 Å². The van der Waals surface area contributed by atoms with Crippen LogP contribution in [0.2, 0.25) is 0 Å². The summed E-state index contributed by atoms with van der Waals surface area (Å²) in [6.45, 7) is 6.87. The highest BCUT2D eigenvalue weighted by atomic mass is 19.1. The van der Waals surface area contributed by atoms with E-state index in [1.807, 2.05) is 30.0 Å². The van der Waals surface area contributed by atoms with Crippen LogP contribution in [0.1, 0.15) is 49.9 Å². The number of likely N-dealkylation sites (tertiary alicyclic amines) is 1. The van der Waals surface area contributed by atoms with Crippen LogP contribution in [0.25, 0.3) is 10.9 Å². The van der Waals surface area contributed by atoms with Crippen molar-refractivity contribution in [3.8, 4) is 5.75 Å². The van der Waals surface area contributed by atoms with Crippen molar-refractivity contribution in [2.24, 2.45) is 0 Å². The van der Waals surface area contributed by atoms with Crippen molar-refractivity contribution in [3.63, 3.8) is 0 Å². The number of hydrogen-bond acceptors (Lipinski definition) is 5. The number of ether oxygens (including phenoxy) is 1. The molecule has 0 aliphatic carbocycles. The monoisotopic (exact) mass is 569 g/mol. The van der Waals surface area contributed by atoms with Crippen molar-refractivity contribution >= 4 is 16.8 Å². The summed E-state index contributed by atoms with van der Waals surface area (Å²) in [4.78, 5) is 17.2. The lowest BCUT2D eigenvalue weighted by Gasteiger charge is -2.44. The van der Waals surface area contributed by atoms with E-state index in [0.29, 0.717) is 25.9 Å². The number of halogens is 3. The van der Waals surface area contributed by atoms with Crippen LogP contribution in [0.5, 0.6) is 5.75 Å². The summed E-state index contributed by atoms with van der Waals surface area (Å²) in [6, 6.07) is 5.23. The summed E-state index contributed by atoms with van der Waals surface area (Å²) < 4.78 is 52.9. The van der Waals surface area contributed by atoms with Crippen LogP contribution in [0, 0.1) is 11.6 Å². The summed E-state index contributed by atoms with van der Waals surface area (Å²) in [7, 11) is 3.39. The Hall–Kier alpha value is -3.37. The number of H-pyrrole nitrogens is 1. The Balaban J connectivity index is 1.40. The van der Waals surface area contributed by atoms with Gasteiger partial charge in [0, 0.05) is 75.5 Å². The minimum Gasteiger partial charge on any atom is -0.489 e. The molecule has 3 heterocycles. The minimum absolute atomic E-state index is 0.0192. The van der Waals surface area contributed by atoms with Crippen molar-refractivity contribution in [3.05, 3.63) is 70.9 Å². The molecule has 0 unspecified atom stereocenters. The number of fused-ring (bicyclic) bond motifs is 3. The number of carbonyl (C=O) groups excluding carboxylic acids is 1. The van der Waals surface area contributed by atoms with Gasteiger partial charge in [0.05, 0.1) is 17.8 Å². The molecule has 41 heavy (non-hydrogen) atoms. The van der Waals surface area contributed by atoms with E-state index in [0.717, 1.165) is 28.6 Å². The first-order valence-corrected chi connectivity index (χ1v) is 14.1. The van der Waals surface area contributed by atoms with E-state index in [1.165, 1.54) is 37.0 Å². The van der Waals surface area contributed by atoms with Crippen LogP contribution in [0.3, 0.4) is 0 Å². The van der Waals surface area contributed by atoms with Gasteiger partial charge in [-0.3, -0.25) is 19.7 Å². The number of nitrogens with one attached hydrogen (secondary N) is 1. The molecule has 2 aromatic carbocycles. The Morgan fingerprint density at radius 2 is 1.98 bits per heavy atom. The predicted octanol–water partition coefficient (Wildman–Crippen LogP) is 5.02. The fourth-order valence-electron chi connectivity index (χ4n) is 6.02. The molecule has 1 amide bonds. The first kappa shape index (κ1) is 29.1. The molecule has 3 aromatic rings. The normalized spacial score (nSPS) is 22.0. The van der Waals surface area contributed by atoms with Gasteiger partial charge in [-0.05, 0) is 50.8 Å². The molecule has 220 valence electrons. The van der Waals surface area contributed by atoms with Gasteiger partial charge in [-0.2, -0.15) is 5.10 Å². The van der Waals surface area contributed by atoms with Crippen molar-refractivity contribution in [1.29, 1.82) is 0 Å². The van der Waals surface area contributed by atoms with E-state index in [2.05, 4.69) is 15.1 Å². The number of nitrogens with zero attached hydrogens (tertiary/aromatic N) is 4. The highest BCUT2D eigenvalue weighted by molar-refractivity contribution is 5.87. The number of aromatic nitrogens is 2. The fourth-order valence-corrected chi connectivity index (χ4v) is 6.02. The van der Waals surface area contributed by atoms with Crippen LogP contribution < -0.4 is 4.74 Å². The number of benzene rings is 2. The van der Waals surface area contributed by atoms with E-state index in [-0.39, 0.29) is 35.9 Å². The van der Waals surface area contributed by atoms with Crippen LogP contribution in [-0.4, -0.2) is 88.9 Å². The highest BCUT2D eigenvalue weighted by Gasteiger charge is 2.40. The molecule has 2 aliphatic rings. The van der Waals surface area contributed by atoms with Gasteiger partial charge in [0.1, 0.15) is 29.2 Å². The molecule has 5 rings (SSSR count). The van der Waals surface area contributed by atoms with E-state index < -0.39 is 23.3 Å². The summed E-state index contributed by atoms with van der Waals surface area (Å²) in [5.74, 6) is -1.40. The topological polar surface area (TPSA) is 64.7 Å². The molecular formula is C31H38F3N5O2. The van der Waals surface area contributed by atoms with E-state index in [1.54, 1.807) is 20.3 Å². The Bertz CT molecular complexity index is 1420. The maximum absolute atomic E-state index is 15.9. The van der Waals surface area contributed by atoms with Gasteiger partial charge in [-0.25, -0.2) is 13.2 Å². The molecule has 1 aromatic heterocycles. The average molecular weight is 570 g/mol. The summed E-state index contributed by atoms with van der Waals surface area (Å²) in [5, 5.41) is 8.03. The van der Waals surface area contributed by atoms with Gasteiger partial charge in [0.2, 0.25) is 5.91 Å². The number of rotatable bonds is 8. The highest BCUT2D eigenvalue weighted by Crippen LogP contribution is 2.43. The summed E-state index contributed by atoms with van der Waals surface area (Å²) in [5.41, 5.74) is 0.890. The molecule has 0 saturated carbocycles.